The number of benzene rings is 1. The summed E-state index contributed by atoms with van der Waals surface area (Å²) < 4.78 is 26.4. The fourth-order valence-corrected chi connectivity index (χ4v) is 4.26. The smallest absolute Gasteiger partial charge is 0.244 e. The lowest BCUT2D eigenvalue weighted by Gasteiger charge is -2.37. The molecule has 0 amide bonds. The predicted octanol–water partition coefficient (Wildman–Crippen LogP) is 1.72. The molecule has 94 valence electrons. The Hall–Kier alpha value is -0.140. The molecule has 17 heavy (non-hydrogen) atoms. The molecule has 7 heteroatoms. The van der Waals surface area contributed by atoms with Crippen molar-refractivity contribution in [1.29, 1.82) is 0 Å². The van der Waals surface area contributed by atoms with Gasteiger partial charge in [-0.3, -0.25) is 0 Å². The molecule has 0 atom stereocenters. The zero-order valence-corrected chi connectivity index (χ0v) is 12.0. The van der Waals surface area contributed by atoms with Crippen LogP contribution in [0.25, 0.3) is 0 Å². The first-order valence-electron chi connectivity index (χ1n) is 5.01. The second-order valence-corrected chi connectivity index (χ2v) is 7.17. The Balaban J connectivity index is 2.27. The van der Waals surface area contributed by atoms with Gasteiger partial charge < -0.3 is 5.11 Å². The molecule has 1 aromatic carbocycles. The van der Waals surface area contributed by atoms with Crippen LogP contribution in [0.2, 0.25) is 5.02 Å². The van der Waals surface area contributed by atoms with E-state index in [1.165, 1.54) is 10.4 Å². The molecule has 1 heterocycles. The molecule has 0 bridgehead atoms. The Bertz CT molecular complexity index is 528. The molecule has 0 aliphatic carbocycles. The zero-order chi connectivity index (χ0) is 12.6. The molecular weight excluding hydrogens is 330 g/mol. The molecule has 2 rings (SSSR count). The second-order valence-electron chi connectivity index (χ2n) is 3.95. The summed E-state index contributed by atoms with van der Waals surface area (Å²) in [7, 11) is -3.52. The van der Waals surface area contributed by atoms with Crippen LogP contribution in [-0.4, -0.2) is 37.5 Å². The van der Waals surface area contributed by atoms with E-state index in [0.717, 1.165) is 4.47 Å². The minimum absolute atomic E-state index is 0.0140. The molecule has 0 unspecified atom stereocenters. The Kier molecular flexibility index (Phi) is 3.80. The van der Waals surface area contributed by atoms with Crippen LogP contribution in [0.1, 0.15) is 0 Å². The topological polar surface area (TPSA) is 57.6 Å². The van der Waals surface area contributed by atoms with Gasteiger partial charge >= 0.3 is 0 Å². The number of rotatable bonds is 3. The van der Waals surface area contributed by atoms with Crippen molar-refractivity contribution in [3.05, 3.63) is 27.7 Å². The first kappa shape index (κ1) is 13.3. The van der Waals surface area contributed by atoms with Crippen molar-refractivity contribution < 1.29 is 13.5 Å². The molecule has 1 N–H and O–H groups in total. The maximum Gasteiger partial charge on any atom is 0.244 e. The number of hydrogen-bond acceptors (Lipinski definition) is 3. The lowest BCUT2D eigenvalue weighted by Crippen LogP contribution is -2.51. The van der Waals surface area contributed by atoms with Crippen LogP contribution in [0.4, 0.5) is 0 Å². The summed E-state index contributed by atoms with van der Waals surface area (Å²) in [5.74, 6) is 0.0407. The first-order valence-corrected chi connectivity index (χ1v) is 7.62. The highest BCUT2D eigenvalue weighted by molar-refractivity contribution is 9.10. The van der Waals surface area contributed by atoms with Gasteiger partial charge in [0.05, 0.1) is 5.02 Å². The Labute approximate surface area is 113 Å². The lowest BCUT2D eigenvalue weighted by molar-refractivity contribution is 0.117. The van der Waals surface area contributed by atoms with Crippen molar-refractivity contribution in [2.24, 2.45) is 5.92 Å². The van der Waals surface area contributed by atoms with E-state index in [4.69, 9.17) is 16.7 Å². The summed E-state index contributed by atoms with van der Waals surface area (Å²) in [6, 6.07) is 4.67. The second kappa shape index (κ2) is 4.85. The standard InChI is InChI=1S/C10H11BrClNO3S/c11-8-1-2-10(9(12)3-8)17(15,16)13-4-7(5-13)6-14/h1-3,7,14H,4-6H2. The zero-order valence-electron chi connectivity index (χ0n) is 8.81. The monoisotopic (exact) mass is 339 g/mol. The van der Waals surface area contributed by atoms with Gasteiger partial charge in [-0.2, -0.15) is 4.31 Å². The van der Waals surface area contributed by atoms with E-state index < -0.39 is 10.0 Å². The van der Waals surface area contributed by atoms with Gasteiger partial charge in [-0.05, 0) is 18.2 Å². The van der Waals surface area contributed by atoms with Crippen LogP contribution in [0, 0.1) is 5.92 Å². The van der Waals surface area contributed by atoms with Gasteiger partial charge in [0.15, 0.2) is 0 Å². The number of aliphatic hydroxyl groups excluding tert-OH is 1. The number of aliphatic hydroxyl groups is 1. The molecular formula is C10H11BrClNO3S. The summed E-state index contributed by atoms with van der Waals surface area (Å²) in [4.78, 5) is 0.110. The molecule has 1 aliphatic heterocycles. The van der Waals surface area contributed by atoms with Gasteiger partial charge in [0.2, 0.25) is 10.0 Å². The summed E-state index contributed by atoms with van der Waals surface area (Å²) in [6.45, 7) is 0.719. The van der Waals surface area contributed by atoms with Crippen LogP contribution in [0.15, 0.2) is 27.6 Å². The summed E-state index contributed by atoms with van der Waals surface area (Å²) in [5, 5.41) is 9.08. The van der Waals surface area contributed by atoms with Crippen LogP contribution in [-0.2, 0) is 10.0 Å². The van der Waals surface area contributed by atoms with Crippen LogP contribution in [0.5, 0.6) is 0 Å². The fraction of sp³-hybridized carbons (Fsp3) is 0.400. The third kappa shape index (κ3) is 2.51. The van der Waals surface area contributed by atoms with Crippen molar-refractivity contribution in [3.8, 4) is 0 Å². The van der Waals surface area contributed by atoms with Crippen molar-refractivity contribution in [1.82, 2.24) is 4.31 Å². The highest BCUT2D eigenvalue weighted by Gasteiger charge is 2.37. The molecule has 0 spiro atoms. The quantitative estimate of drug-likeness (QED) is 0.911. The summed E-state index contributed by atoms with van der Waals surface area (Å²) in [5.41, 5.74) is 0. The molecule has 0 aromatic heterocycles. The fourth-order valence-electron chi connectivity index (χ4n) is 1.66. The van der Waals surface area contributed by atoms with Crippen molar-refractivity contribution in [3.63, 3.8) is 0 Å². The van der Waals surface area contributed by atoms with E-state index in [1.807, 2.05) is 0 Å². The third-order valence-corrected chi connectivity index (χ3v) is 5.50. The maximum absolute atomic E-state index is 12.2. The van der Waals surface area contributed by atoms with Crippen LogP contribution >= 0.6 is 27.5 Å². The van der Waals surface area contributed by atoms with Crippen LogP contribution < -0.4 is 0 Å². The largest absolute Gasteiger partial charge is 0.396 e. The van der Waals surface area contributed by atoms with E-state index in [1.54, 1.807) is 12.1 Å². The Morgan fingerprint density at radius 1 is 1.47 bits per heavy atom. The summed E-state index contributed by atoms with van der Waals surface area (Å²) >= 11 is 9.15. The SMILES string of the molecule is O=S(=O)(c1ccc(Br)cc1Cl)N1CC(CO)C1. The van der Waals surface area contributed by atoms with Gasteiger partial charge in [-0.15, -0.1) is 0 Å². The van der Waals surface area contributed by atoms with E-state index >= 15 is 0 Å². The first-order chi connectivity index (χ1) is 7.95. The molecule has 1 aromatic rings. The highest BCUT2D eigenvalue weighted by atomic mass is 79.9. The number of nitrogens with zero attached hydrogens (tertiary/aromatic N) is 1. The van der Waals surface area contributed by atoms with Gasteiger partial charge in [0.1, 0.15) is 4.90 Å². The van der Waals surface area contributed by atoms with Gasteiger partial charge in [0.25, 0.3) is 0 Å². The average molecular weight is 341 g/mol. The normalized spacial score (nSPS) is 18.1. The summed E-state index contributed by atoms with van der Waals surface area (Å²) in [6.07, 6.45) is 0. The molecule has 1 saturated heterocycles. The van der Waals surface area contributed by atoms with Crippen molar-refractivity contribution in [2.75, 3.05) is 19.7 Å². The van der Waals surface area contributed by atoms with Crippen molar-refractivity contribution in [2.45, 2.75) is 4.90 Å². The number of hydrogen-bond donors (Lipinski definition) is 1. The van der Waals surface area contributed by atoms with E-state index in [2.05, 4.69) is 15.9 Å². The Morgan fingerprint density at radius 2 is 2.12 bits per heavy atom. The van der Waals surface area contributed by atoms with Crippen molar-refractivity contribution >= 4 is 37.6 Å². The molecule has 0 radical (unpaired) electrons. The van der Waals surface area contributed by atoms with Crippen LogP contribution in [0.3, 0.4) is 0 Å². The average Bonchev–Trinajstić information content (AvgIpc) is 2.14. The highest BCUT2D eigenvalue weighted by Crippen LogP contribution is 2.31. The number of halogens is 2. The molecule has 0 saturated carbocycles. The molecule has 1 aliphatic rings. The maximum atomic E-state index is 12.2. The Morgan fingerprint density at radius 3 is 2.65 bits per heavy atom. The van der Waals surface area contributed by atoms with E-state index in [9.17, 15) is 8.42 Å². The van der Waals surface area contributed by atoms with E-state index in [0.29, 0.717) is 13.1 Å². The minimum Gasteiger partial charge on any atom is -0.396 e. The minimum atomic E-state index is -3.52. The van der Waals surface area contributed by atoms with Gasteiger partial charge in [0, 0.05) is 30.1 Å². The number of sulfonamides is 1. The molecule has 4 nitrogen and oxygen atoms in total. The van der Waals surface area contributed by atoms with Gasteiger partial charge in [-0.25, -0.2) is 8.42 Å². The van der Waals surface area contributed by atoms with Gasteiger partial charge in [-0.1, -0.05) is 27.5 Å². The third-order valence-electron chi connectivity index (χ3n) is 2.69. The molecule has 1 fully saturated rings. The van der Waals surface area contributed by atoms with E-state index in [-0.39, 0.29) is 22.4 Å². The predicted molar refractivity (Wildman–Crippen MR) is 68.5 cm³/mol. The lowest BCUT2D eigenvalue weighted by atomic mass is 10.1.